The van der Waals surface area contributed by atoms with E-state index in [-0.39, 0.29) is 0 Å². The first-order valence-electron chi connectivity index (χ1n) is 5.76. The highest BCUT2D eigenvalue weighted by molar-refractivity contribution is 5.47. The van der Waals surface area contributed by atoms with Gasteiger partial charge in [0.25, 0.3) is 0 Å². The Morgan fingerprint density at radius 2 is 2.22 bits per heavy atom. The standard InChI is InChI=1S/C12H12N6/c1-9-4-10(6-13)5-11(15-9)17-2-3-18-8-14-16-12(18)7-17/h4-5,8H,2-3,7H2,1H3. The monoisotopic (exact) mass is 240 g/mol. The summed E-state index contributed by atoms with van der Waals surface area (Å²) in [4.78, 5) is 6.60. The molecule has 0 atom stereocenters. The van der Waals surface area contributed by atoms with Gasteiger partial charge in [-0.05, 0) is 19.1 Å². The summed E-state index contributed by atoms with van der Waals surface area (Å²) >= 11 is 0. The Bertz CT molecular complexity index is 624. The number of fused-ring (bicyclic) bond motifs is 1. The van der Waals surface area contributed by atoms with Crippen molar-refractivity contribution in [2.24, 2.45) is 0 Å². The third kappa shape index (κ3) is 1.80. The Kier molecular flexibility index (Phi) is 2.45. The number of anilines is 1. The van der Waals surface area contributed by atoms with Gasteiger partial charge >= 0.3 is 0 Å². The van der Waals surface area contributed by atoms with Crippen LogP contribution in [0.2, 0.25) is 0 Å². The van der Waals surface area contributed by atoms with Crippen LogP contribution < -0.4 is 4.90 Å². The molecule has 0 radical (unpaired) electrons. The van der Waals surface area contributed by atoms with E-state index < -0.39 is 0 Å². The molecule has 0 spiro atoms. The van der Waals surface area contributed by atoms with E-state index >= 15 is 0 Å². The summed E-state index contributed by atoms with van der Waals surface area (Å²) in [5, 5.41) is 17.0. The van der Waals surface area contributed by atoms with Crippen LogP contribution in [-0.4, -0.2) is 26.3 Å². The molecule has 0 N–H and O–H groups in total. The maximum Gasteiger partial charge on any atom is 0.152 e. The van der Waals surface area contributed by atoms with Crippen LogP contribution in [0.25, 0.3) is 0 Å². The number of hydrogen-bond donors (Lipinski definition) is 0. The first-order valence-corrected chi connectivity index (χ1v) is 5.76. The maximum atomic E-state index is 8.99. The van der Waals surface area contributed by atoms with Crippen LogP contribution in [-0.2, 0) is 13.1 Å². The van der Waals surface area contributed by atoms with Gasteiger partial charge in [-0.15, -0.1) is 10.2 Å². The lowest BCUT2D eigenvalue weighted by molar-refractivity contribution is 0.556. The topological polar surface area (TPSA) is 70.6 Å². The number of pyridine rings is 1. The third-order valence-corrected chi connectivity index (χ3v) is 3.03. The quantitative estimate of drug-likeness (QED) is 0.739. The zero-order valence-electron chi connectivity index (χ0n) is 10.0. The number of nitriles is 1. The lowest BCUT2D eigenvalue weighted by Gasteiger charge is -2.28. The van der Waals surface area contributed by atoms with Crippen LogP contribution in [0.3, 0.4) is 0 Å². The van der Waals surface area contributed by atoms with Crippen molar-refractivity contribution in [3.63, 3.8) is 0 Å². The van der Waals surface area contributed by atoms with E-state index in [0.29, 0.717) is 12.1 Å². The van der Waals surface area contributed by atoms with Crippen LogP contribution in [0.4, 0.5) is 5.82 Å². The molecule has 0 saturated heterocycles. The minimum atomic E-state index is 0.643. The first kappa shape index (κ1) is 10.7. The molecule has 0 fully saturated rings. The molecule has 90 valence electrons. The minimum absolute atomic E-state index is 0.643. The van der Waals surface area contributed by atoms with E-state index in [1.165, 1.54) is 0 Å². The van der Waals surface area contributed by atoms with Gasteiger partial charge in [0.05, 0.1) is 18.2 Å². The average molecular weight is 240 g/mol. The van der Waals surface area contributed by atoms with Gasteiger partial charge in [-0.25, -0.2) is 4.98 Å². The number of hydrogen-bond acceptors (Lipinski definition) is 5. The molecule has 2 aromatic heterocycles. The van der Waals surface area contributed by atoms with E-state index in [9.17, 15) is 0 Å². The van der Waals surface area contributed by atoms with Gasteiger partial charge in [0.2, 0.25) is 0 Å². The predicted octanol–water partition coefficient (Wildman–Crippen LogP) is 0.873. The Labute approximate surface area is 105 Å². The van der Waals surface area contributed by atoms with Gasteiger partial charge in [0.15, 0.2) is 5.82 Å². The van der Waals surface area contributed by atoms with Crippen molar-refractivity contribution in [2.45, 2.75) is 20.0 Å². The van der Waals surface area contributed by atoms with Crippen molar-refractivity contribution >= 4 is 5.82 Å². The number of nitrogens with zero attached hydrogens (tertiary/aromatic N) is 6. The molecule has 0 unspecified atom stereocenters. The van der Waals surface area contributed by atoms with Crippen molar-refractivity contribution in [1.29, 1.82) is 5.26 Å². The molecule has 0 amide bonds. The Balaban J connectivity index is 1.93. The van der Waals surface area contributed by atoms with E-state index in [0.717, 1.165) is 30.4 Å². The number of aryl methyl sites for hydroxylation is 1. The number of rotatable bonds is 1. The largest absolute Gasteiger partial charge is 0.347 e. The average Bonchev–Trinajstić information content (AvgIpc) is 2.85. The van der Waals surface area contributed by atoms with E-state index in [2.05, 4.69) is 26.2 Å². The smallest absolute Gasteiger partial charge is 0.152 e. The molecule has 2 aromatic rings. The van der Waals surface area contributed by atoms with Gasteiger partial charge in [0, 0.05) is 18.8 Å². The van der Waals surface area contributed by atoms with Gasteiger partial charge in [-0.2, -0.15) is 5.26 Å². The van der Waals surface area contributed by atoms with Gasteiger partial charge in [-0.3, -0.25) is 0 Å². The van der Waals surface area contributed by atoms with Crippen LogP contribution >= 0.6 is 0 Å². The van der Waals surface area contributed by atoms with Crippen molar-refractivity contribution in [2.75, 3.05) is 11.4 Å². The molecule has 3 heterocycles. The second-order valence-corrected chi connectivity index (χ2v) is 4.33. The van der Waals surface area contributed by atoms with Crippen LogP contribution in [0, 0.1) is 18.3 Å². The zero-order valence-corrected chi connectivity index (χ0v) is 10.0. The Hall–Kier alpha value is -2.42. The molecule has 1 aliphatic heterocycles. The van der Waals surface area contributed by atoms with Crippen LogP contribution in [0.1, 0.15) is 17.1 Å². The SMILES string of the molecule is Cc1cc(C#N)cc(N2CCn3cnnc3C2)n1. The van der Waals surface area contributed by atoms with Gasteiger partial charge < -0.3 is 9.47 Å². The minimum Gasteiger partial charge on any atom is -0.347 e. The van der Waals surface area contributed by atoms with Crippen molar-refractivity contribution in [3.8, 4) is 6.07 Å². The highest BCUT2D eigenvalue weighted by Gasteiger charge is 2.19. The molecule has 0 aromatic carbocycles. The molecular weight excluding hydrogens is 228 g/mol. The molecule has 0 saturated carbocycles. The molecular formula is C12H12N6. The van der Waals surface area contributed by atoms with Gasteiger partial charge in [-0.1, -0.05) is 0 Å². The summed E-state index contributed by atoms with van der Waals surface area (Å²) < 4.78 is 2.04. The summed E-state index contributed by atoms with van der Waals surface area (Å²) in [7, 11) is 0. The lowest BCUT2D eigenvalue weighted by atomic mass is 10.2. The molecule has 1 aliphatic rings. The van der Waals surface area contributed by atoms with Crippen LogP contribution in [0.15, 0.2) is 18.5 Å². The summed E-state index contributed by atoms with van der Waals surface area (Å²) in [6.07, 6.45) is 1.75. The van der Waals surface area contributed by atoms with Crippen LogP contribution in [0.5, 0.6) is 0 Å². The summed E-state index contributed by atoms with van der Waals surface area (Å²) in [5.41, 5.74) is 1.50. The highest BCUT2D eigenvalue weighted by atomic mass is 15.3. The Morgan fingerprint density at radius 1 is 1.33 bits per heavy atom. The van der Waals surface area contributed by atoms with E-state index in [1.807, 2.05) is 17.6 Å². The van der Waals surface area contributed by atoms with Gasteiger partial charge in [0.1, 0.15) is 12.1 Å². The molecule has 0 bridgehead atoms. The summed E-state index contributed by atoms with van der Waals surface area (Å²) in [5.74, 6) is 1.77. The third-order valence-electron chi connectivity index (χ3n) is 3.03. The first-order chi connectivity index (χ1) is 8.76. The number of aromatic nitrogens is 4. The molecule has 18 heavy (non-hydrogen) atoms. The molecule has 0 aliphatic carbocycles. The molecule has 6 nitrogen and oxygen atoms in total. The second kappa shape index (κ2) is 4.11. The summed E-state index contributed by atoms with van der Waals surface area (Å²) in [6, 6.07) is 5.77. The molecule has 6 heteroatoms. The summed E-state index contributed by atoms with van der Waals surface area (Å²) in [6.45, 7) is 4.28. The lowest BCUT2D eigenvalue weighted by Crippen LogP contribution is -2.34. The fourth-order valence-electron chi connectivity index (χ4n) is 2.14. The van der Waals surface area contributed by atoms with E-state index in [1.54, 1.807) is 12.4 Å². The fraction of sp³-hybridized carbons (Fsp3) is 0.333. The van der Waals surface area contributed by atoms with E-state index in [4.69, 9.17) is 5.26 Å². The highest BCUT2D eigenvalue weighted by Crippen LogP contribution is 2.19. The van der Waals surface area contributed by atoms with Crippen molar-refractivity contribution in [3.05, 3.63) is 35.5 Å². The van der Waals surface area contributed by atoms with Crippen molar-refractivity contribution in [1.82, 2.24) is 19.7 Å². The Morgan fingerprint density at radius 3 is 3.06 bits per heavy atom. The second-order valence-electron chi connectivity index (χ2n) is 4.33. The fourth-order valence-corrected chi connectivity index (χ4v) is 2.14. The molecule has 3 rings (SSSR count). The normalized spacial score (nSPS) is 14.1. The maximum absolute atomic E-state index is 8.99. The zero-order chi connectivity index (χ0) is 12.5. The van der Waals surface area contributed by atoms with Crippen molar-refractivity contribution < 1.29 is 0 Å². The predicted molar refractivity (Wildman–Crippen MR) is 64.8 cm³/mol.